The molecule has 2 saturated heterocycles. The molecule has 5 rings (SSSR count). The third-order valence-electron chi connectivity index (χ3n) is 7.16. The molecule has 34 heavy (non-hydrogen) atoms. The second-order valence-electron chi connectivity index (χ2n) is 9.31. The van der Waals surface area contributed by atoms with Crippen molar-refractivity contribution in [3.8, 4) is 0 Å². The lowest BCUT2D eigenvalue weighted by Gasteiger charge is -2.42. The molecular formula is C26H28N4O3S. The lowest BCUT2D eigenvalue weighted by molar-refractivity contribution is -0.132. The zero-order valence-electron chi connectivity index (χ0n) is 19.0. The number of carbonyl (C=O) groups is 3. The van der Waals surface area contributed by atoms with Crippen LogP contribution in [-0.4, -0.2) is 59.2 Å². The number of pyridine rings is 1. The van der Waals surface area contributed by atoms with Crippen LogP contribution in [0.4, 0.5) is 5.82 Å². The molecule has 1 spiro atoms. The molecule has 0 saturated carbocycles. The molecule has 2 aromatic rings. The molecule has 2 fully saturated rings. The number of anilines is 1. The number of thiophene rings is 1. The van der Waals surface area contributed by atoms with Gasteiger partial charge in [0.2, 0.25) is 18.2 Å². The van der Waals surface area contributed by atoms with E-state index in [4.69, 9.17) is 0 Å². The molecule has 0 unspecified atom stereocenters. The summed E-state index contributed by atoms with van der Waals surface area (Å²) in [5.74, 6) is 0.603. The van der Waals surface area contributed by atoms with Gasteiger partial charge < -0.3 is 15.1 Å². The topological polar surface area (TPSA) is 82.6 Å². The van der Waals surface area contributed by atoms with Crippen molar-refractivity contribution in [3.63, 3.8) is 0 Å². The number of carbonyl (C=O) groups excluding carboxylic acids is 3. The Kier molecular flexibility index (Phi) is 6.32. The summed E-state index contributed by atoms with van der Waals surface area (Å²) in [7, 11) is 0. The van der Waals surface area contributed by atoms with Crippen LogP contribution in [0.15, 0.2) is 41.4 Å². The second kappa shape index (κ2) is 9.54. The van der Waals surface area contributed by atoms with Gasteiger partial charge in [-0.2, -0.15) is 0 Å². The predicted molar refractivity (Wildman–Crippen MR) is 133 cm³/mol. The molecule has 0 aliphatic carbocycles. The van der Waals surface area contributed by atoms with Gasteiger partial charge in [0.05, 0.1) is 5.41 Å². The fourth-order valence-corrected chi connectivity index (χ4v) is 5.73. The number of rotatable bonds is 4. The summed E-state index contributed by atoms with van der Waals surface area (Å²) in [6.07, 6.45) is 11.9. The van der Waals surface area contributed by atoms with E-state index in [1.165, 1.54) is 10.5 Å². The van der Waals surface area contributed by atoms with Crippen molar-refractivity contribution in [3.05, 3.63) is 57.4 Å². The molecule has 176 valence electrons. The van der Waals surface area contributed by atoms with Gasteiger partial charge in [0.25, 0.3) is 0 Å². The maximum atomic E-state index is 12.8. The van der Waals surface area contributed by atoms with Crippen molar-refractivity contribution < 1.29 is 14.4 Å². The summed E-state index contributed by atoms with van der Waals surface area (Å²) in [6.45, 7) is 2.64. The standard InChI is InChI=1S/C26H28N4O3S/c31-18-29-11-7-26(8-12-29)16-21-14-20(17-27-24(21)28-25(26)33)3-4-23(32)30-9-5-19(6-10-30)15-22-2-1-13-34-22/h1-4,13-15,17-18H,5-12,16H2,(H,27,28,33)/b4-3+. The number of nitrogens with zero attached hydrogens (tertiary/aromatic N) is 3. The van der Waals surface area contributed by atoms with Gasteiger partial charge in [0.15, 0.2) is 0 Å². The highest BCUT2D eigenvalue weighted by Gasteiger charge is 2.44. The smallest absolute Gasteiger partial charge is 0.246 e. The van der Waals surface area contributed by atoms with Gasteiger partial charge in [-0.3, -0.25) is 14.4 Å². The summed E-state index contributed by atoms with van der Waals surface area (Å²) < 4.78 is 0. The summed E-state index contributed by atoms with van der Waals surface area (Å²) in [4.78, 5) is 45.9. The Bertz CT molecular complexity index is 1140. The molecule has 1 N–H and O–H groups in total. The summed E-state index contributed by atoms with van der Waals surface area (Å²) >= 11 is 1.73. The number of amides is 3. The van der Waals surface area contributed by atoms with E-state index in [-0.39, 0.29) is 11.8 Å². The quantitative estimate of drug-likeness (QED) is 0.540. The third-order valence-corrected chi connectivity index (χ3v) is 7.98. The first-order valence-corrected chi connectivity index (χ1v) is 12.6. The second-order valence-corrected chi connectivity index (χ2v) is 10.3. The van der Waals surface area contributed by atoms with E-state index in [0.29, 0.717) is 38.2 Å². The van der Waals surface area contributed by atoms with Crippen molar-refractivity contribution in [2.24, 2.45) is 5.41 Å². The molecule has 7 nitrogen and oxygen atoms in total. The molecule has 0 atom stereocenters. The Morgan fingerprint density at radius 1 is 1.18 bits per heavy atom. The van der Waals surface area contributed by atoms with Gasteiger partial charge in [0, 0.05) is 43.3 Å². The lowest BCUT2D eigenvalue weighted by Crippen LogP contribution is -2.49. The molecule has 3 amide bonds. The summed E-state index contributed by atoms with van der Waals surface area (Å²) in [5.41, 5.74) is 2.73. The first kappa shape index (κ1) is 22.5. The normalized spacial score (nSPS) is 19.8. The van der Waals surface area contributed by atoms with E-state index >= 15 is 0 Å². The van der Waals surface area contributed by atoms with Crippen LogP contribution in [0.2, 0.25) is 0 Å². The van der Waals surface area contributed by atoms with Crippen molar-refractivity contribution in [1.82, 2.24) is 14.8 Å². The van der Waals surface area contributed by atoms with E-state index in [2.05, 4.69) is 33.9 Å². The van der Waals surface area contributed by atoms with Crippen LogP contribution in [0.25, 0.3) is 12.2 Å². The maximum Gasteiger partial charge on any atom is 0.246 e. The number of likely N-dealkylation sites (tertiary alicyclic amines) is 2. The Hall–Kier alpha value is -3.26. The monoisotopic (exact) mass is 476 g/mol. The van der Waals surface area contributed by atoms with E-state index in [9.17, 15) is 14.4 Å². The molecule has 8 heteroatoms. The molecule has 2 aromatic heterocycles. The van der Waals surface area contributed by atoms with Crippen LogP contribution in [0.3, 0.4) is 0 Å². The number of nitrogens with one attached hydrogen (secondary N) is 1. The molecule has 0 aromatic carbocycles. The minimum Gasteiger partial charge on any atom is -0.345 e. The van der Waals surface area contributed by atoms with Crippen LogP contribution in [0.5, 0.6) is 0 Å². The van der Waals surface area contributed by atoms with Crippen molar-refractivity contribution in [2.45, 2.75) is 32.1 Å². The van der Waals surface area contributed by atoms with E-state index in [1.807, 2.05) is 17.0 Å². The Labute approximate surface area is 203 Å². The minimum atomic E-state index is -0.492. The van der Waals surface area contributed by atoms with Crippen LogP contribution < -0.4 is 5.32 Å². The largest absolute Gasteiger partial charge is 0.345 e. The van der Waals surface area contributed by atoms with Gasteiger partial charge >= 0.3 is 0 Å². The molecule has 3 aliphatic rings. The van der Waals surface area contributed by atoms with Gasteiger partial charge in [0.1, 0.15) is 5.82 Å². The van der Waals surface area contributed by atoms with E-state index < -0.39 is 5.41 Å². The predicted octanol–water partition coefficient (Wildman–Crippen LogP) is 3.60. The molecule has 5 heterocycles. The van der Waals surface area contributed by atoms with Gasteiger partial charge in [-0.05, 0) is 72.9 Å². The first-order chi connectivity index (χ1) is 16.5. The van der Waals surface area contributed by atoms with Crippen LogP contribution >= 0.6 is 11.3 Å². The molecule has 0 bridgehead atoms. The Morgan fingerprint density at radius 3 is 2.68 bits per heavy atom. The fraction of sp³-hybridized carbons (Fsp3) is 0.385. The highest BCUT2D eigenvalue weighted by atomic mass is 32.1. The van der Waals surface area contributed by atoms with E-state index in [0.717, 1.165) is 43.5 Å². The fourth-order valence-electron chi connectivity index (χ4n) is 5.02. The maximum absolute atomic E-state index is 12.8. The zero-order valence-corrected chi connectivity index (χ0v) is 19.9. The van der Waals surface area contributed by atoms with E-state index in [1.54, 1.807) is 28.5 Å². The van der Waals surface area contributed by atoms with Crippen LogP contribution in [-0.2, 0) is 20.8 Å². The summed E-state index contributed by atoms with van der Waals surface area (Å²) in [5, 5.41) is 5.03. The number of hydrogen-bond donors (Lipinski definition) is 1. The molecule has 3 aliphatic heterocycles. The van der Waals surface area contributed by atoms with Crippen LogP contribution in [0.1, 0.15) is 41.7 Å². The number of aromatic nitrogens is 1. The van der Waals surface area contributed by atoms with Gasteiger partial charge in [-0.15, -0.1) is 11.3 Å². The lowest BCUT2D eigenvalue weighted by atomic mass is 9.71. The molecular weight excluding hydrogens is 448 g/mol. The summed E-state index contributed by atoms with van der Waals surface area (Å²) in [6, 6.07) is 6.18. The Morgan fingerprint density at radius 2 is 1.97 bits per heavy atom. The molecule has 0 radical (unpaired) electrons. The first-order valence-electron chi connectivity index (χ1n) is 11.7. The van der Waals surface area contributed by atoms with Gasteiger partial charge in [-0.1, -0.05) is 11.6 Å². The third kappa shape index (κ3) is 4.68. The van der Waals surface area contributed by atoms with Crippen molar-refractivity contribution >= 4 is 47.5 Å². The average molecular weight is 477 g/mol. The minimum absolute atomic E-state index is 0.00545. The number of hydrogen-bond acceptors (Lipinski definition) is 5. The van der Waals surface area contributed by atoms with Crippen molar-refractivity contribution in [2.75, 3.05) is 31.5 Å². The van der Waals surface area contributed by atoms with Crippen LogP contribution in [0, 0.1) is 5.41 Å². The highest BCUT2D eigenvalue weighted by Crippen LogP contribution is 2.41. The number of fused-ring (bicyclic) bond motifs is 1. The SMILES string of the molecule is O=CN1CCC2(CC1)Cc1cc(/C=C/C(=O)N3CCC(=Cc4cccs4)CC3)cnc1NC2=O. The van der Waals surface area contributed by atoms with Crippen molar-refractivity contribution in [1.29, 1.82) is 0 Å². The zero-order chi connectivity index (χ0) is 23.5. The average Bonchev–Trinajstić information content (AvgIpc) is 3.37. The number of piperidine rings is 2. The Balaban J connectivity index is 1.22. The highest BCUT2D eigenvalue weighted by molar-refractivity contribution is 7.10. The van der Waals surface area contributed by atoms with Gasteiger partial charge in [-0.25, -0.2) is 4.98 Å².